The lowest BCUT2D eigenvalue weighted by molar-refractivity contribution is 0.0697. The zero-order valence-electron chi connectivity index (χ0n) is 14.1. The Balaban J connectivity index is 2.00. The van der Waals surface area contributed by atoms with Crippen molar-refractivity contribution in [2.45, 2.75) is 33.2 Å². The molecule has 3 N–H and O–H groups in total. The Morgan fingerprint density at radius 3 is 2.33 bits per heavy atom. The van der Waals surface area contributed by atoms with E-state index in [9.17, 15) is 9.59 Å². The minimum Gasteiger partial charge on any atom is -0.478 e. The number of hydrogen-bond acceptors (Lipinski definition) is 2. The van der Waals surface area contributed by atoms with Gasteiger partial charge in [0.2, 0.25) is 0 Å². The second-order valence-electron chi connectivity index (χ2n) is 6.00. The van der Waals surface area contributed by atoms with Crippen LogP contribution in [0.3, 0.4) is 0 Å². The highest BCUT2D eigenvalue weighted by Crippen LogP contribution is 2.27. The van der Waals surface area contributed by atoms with E-state index in [0.717, 1.165) is 22.4 Å². The third-order valence-corrected chi connectivity index (χ3v) is 3.82. The molecule has 2 amide bonds. The molecule has 0 unspecified atom stereocenters. The van der Waals surface area contributed by atoms with Crippen molar-refractivity contribution in [3.63, 3.8) is 0 Å². The predicted molar refractivity (Wildman–Crippen MR) is 94.5 cm³/mol. The maximum Gasteiger partial charge on any atom is 0.335 e. The van der Waals surface area contributed by atoms with Gasteiger partial charge in [0.25, 0.3) is 0 Å². The number of urea groups is 1. The monoisotopic (exact) mass is 326 g/mol. The maximum absolute atomic E-state index is 12.2. The van der Waals surface area contributed by atoms with Crippen LogP contribution in [0.15, 0.2) is 42.5 Å². The summed E-state index contributed by atoms with van der Waals surface area (Å²) >= 11 is 0. The quantitative estimate of drug-likeness (QED) is 0.772. The van der Waals surface area contributed by atoms with Crippen molar-refractivity contribution < 1.29 is 14.7 Å². The van der Waals surface area contributed by atoms with E-state index < -0.39 is 5.97 Å². The van der Waals surface area contributed by atoms with Crippen molar-refractivity contribution in [1.82, 2.24) is 5.32 Å². The number of aryl methyl sites for hydroxylation is 1. The van der Waals surface area contributed by atoms with Gasteiger partial charge in [0.05, 0.1) is 5.56 Å². The number of para-hydroxylation sites is 1. The van der Waals surface area contributed by atoms with Gasteiger partial charge in [0, 0.05) is 12.2 Å². The molecule has 0 fully saturated rings. The van der Waals surface area contributed by atoms with Gasteiger partial charge in [-0.3, -0.25) is 0 Å². The van der Waals surface area contributed by atoms with Crippen molar-refractivity contribution in [2.75, 3.05) is 5.32 Å². The first kappa shape index (κ1) is 17.5. The van der Waals surface area contributed by atoms with E-state index in [4.69, 9.17) is 5.11 Å². The van der Waals surface area contributed by atoms with Crippen molar-refractivity contribution in [2.24, 2.45) is 0 Å². The first-order valence-corrected chi connectivity index (χ1v) is 7.85. The summed E-state index contributed by atoms with van der Waals surface area (Å²) in [5, 5.41) is 14.6. The first-order valence-electron chi connectivity index (χ1n) is 7.85. The van der Waals surface area contributed by atoms with Crippen LogP contribution in [0.5, 0.6) is 0 Å². The molecule has 0 aliphatic carbocycles. The number of anilines is 1. The summed E-state index contributed by atoms with van der Waals surface area (Å²) < 4.78 is 0. The zero-order chi connectivity index (χ0) is 17.7. The smallest absolute Gasteiger partial charge is 0.335 e. The average molecular weight is 326 g/mol. The fourth-order valence-corrected chi connectivity index (χ4v) is 2.45. The van der Waals surface area contributed by atoms with Gasteiger partial charge < -0.3 is 15.7 Å². The van der Waals surface area contributed by atoms with Gasteiger partial charge in [-0.2, -0.15) is 0 Å². The minimum atomic E-state index is -0.965. The number of carbonyl (C=O) groups excluding carboxylic acids is 1. The lowest BCUT2D eigenvalue weighted by Gasteiger charge is -2.17. The number of rotatable bonds is 5. The molecule has 5 nitrogen and oxygen atoms in total. The maximum atomic E-state index is 12.2. The summed E-state index contributed by atoms with van der Waals surface area (Å²) in [6.45, 7) is 6.46. The van der Waals surface area contributed by atoms with Crippen LogP contribution in [0.4, 0.5) is 10.5 Å². The predicted octanol–water partition coefficient (Wildman–Crippen LogP) is 4.14. The number of carboxylic acid groups (broad SMARTS) is 1. The summed E-state index contributed by atoms with van der Waals surface area (Å²) in [6.07, 6.45) is 0. The summed E-state index contributed by atoms with van der Waals surface area (Å²) in [7, 11) is 0. The third kappa shape index (κ3) is 4.35. The molecular weight excluding hydrogens is 304 g/mol. The molecule has 2 rings (SSSR count). The topological polar surface area (TPSA) is 78.4 Å². The lowest BCUT2D eigenvalue weighted by atomic mass is 9.98. The SMILES string of the molecule is Cc1cccc(C(C)C)c1NC(=O)NCc1ccc(C(=O)O)cc1. The van der Waals surface area contributed by atoms with Crippen LogP contribution in [0.1, 0.15) is 46.8 Å². The second-order valence-corrected chi connectivity index (χ2v) is 6.00. The summed E-state index contributed by atoms with van der Waals surface area (Å²) in [5.74, 6) is -0.656. The summed E-state index contributed by atoms with van der Waals surface area (Å²) in [5.41, 5.74) is 4.01. The minimum absolute atomic E-state index is 0.227. The molecule has 2 aromatic rings. The van der Waals surface area contributed by atoms with E-state index in [2.05, 4.69) is 24.5 Å². The molecule has 0 bridgehead atoms. The summed E-state index contributed by atoms with van der Waals surface area (Å²) in [4.78, 5) is 23.0. The number of aromatic carboxylic acids is 1. The van der Waals surface area contributed by atoms with Crippen molar-refractivity contribution in [3.05, 3.63) is 64.7 Å². The number of carboxylic acids is 1. The van der Waals surface area contributed by atoms with E-state index in [1.807, 2.05) is 25.1 Å². The summed E-state index contributed by atoms with van der Waals surface area (Å²) in [6, 6.07) is 12.1. The van der Waals surface area contributed by atoms with Crippen LogP contribution in [0.2, 0.25) is 0 Å². The molecule has 0 aromatic heterocycles. The van der Waals surface area contributed by atoms with Crippen LogP contribution in [-0.4, -0.2) is 17.1 Å². The van der Waals surface area contributed by atoms with E-state index in [1.54, 1.807) is 12.1 Å². The van der Waals surface area contributed by atoms with Crippen LogP contribution in [0.25, 0.3) is 0 Å². The molecule has 126 valence electrons. The molecule has 5 heteroatoms. The molecule has 0 atom stereocenters. The number of hydrogen-bond donors (Lipinski definition) is 3. The fourth-order valence-electron chi connectivity index (χ4n) is 2.45. The Kier molecular flexibility index (Phi) is 5.58. The Morgan fingerprint density at radius 1 is 1.08 bits per heavy atom. The molecule has 24 heavy (non-hydrogen) atoms. The molecule has 0 aliphatic rings. The van der Waals surface area contributed by atoms with Gasteiger partial charge in [-0.15, -0.1) is 0 Å². The highest BCUT2D eigenvalue weighted by atomic mass is 16.4. The largest absolute Gasteiger partial charge is 0.478 e. The lowest BCUT2D eigenvalue weighted by Crippen LogP contribution is -2.29. The van der Waals surface area contributed by atoms with Gasteiger partial charge in [-0.25, -0.2) is 9.59 Å². The van der Waals surface area contributed by atoms with Crippen LogP contribution in [-0.2, 0) is 6.54 Å². The van der Waals surface area contributed by atoms with E-state index in [0.29, 0.717) is 12.5 Å². The first-order chi connectivity index (χ1) is 11.4. The van der Waals surface area contributed by atoms with Gasteiger partial charge in [0.15, 0.2) is 0 Å². The Bertz CT molecular complexity index is 737. The van der Waals surface area contributed by atoms with Crippen molar-refractivity contribution in [3.8, 4) is 0 Å². The molecule has 0 saturated heterocycles. The van der Waals surface area contributed by atoms with Gasteiger partial charge in [-0.05, 0) is 41.7 Å². The van der Waals surface area contributed by atoms with Crippen LogP contribution in [0, 0.1) is 6.92 Å². The molecule has 0 heterocycles. The zero-order valence-corrected chi connectivity index (χ0v) is 14.1. The van der Waals surface area contributed by atoms with E-state index >= 15 is 0 Å². The second kappa shape index (κ2) is 7.64. The highest BCUT2D eigenvalue weighted by Gasteiger charge is 2.11. The van der Waals surface area contributed by atoms with Gasteiger partial charge in [-0.1, -0.05) is 44.2 Å². The standard InChI is InChI=1S/C19H22N2O3/c1-12(2)16-6-4-5-13(3)17(16)21-19(24)20-11-14-7-9-15(10-8-14)18(22)23/h4-10,12H,11H2,1-3H3,(H,22,23)(H2,20,21,24). The Morgan fingerprint density at radius 2 is 1.75 bits per heavy atom. The number of amides is 2. The Labute approximate surface area is 141 Å². The molecule has 0 radical (unpaired) electrons. The third-order valence-electron chi connectivity index (χ3n) is 3.82. The normalized spacial score (nSPS) is 10.5. The van der Waals surface area contributed by atoms with Gasteiger partial charge >= 0.3 is 12.0 Å². The van der Waals surface area contributed by atoms with Gasteiger partial charge in [0.1, 0.15) is 0 Å². The molecule has 2 aromatic carbocycles. The number of carbonyl (C=O) groups is 2. The van der Waals surface area contributed by atoms with E-state index in [1.165, 1.54) is 12.1 Å². The highest BCUT2D eigenvalue weighted by molar-refractivity contribution is 5.91. The average Bonchev–Trinajstić information content (AvgIpc) is 2.55. The number of benzene rings is 2. The van der Waals surface area contributed by atoms with Crippen molar-refractivity contribution >= 4 is 17.7 Å². The Hall–Kier alpha value is -2.82. The van der Waals surface area contributed by atoms with E-state index in [-0.39, 0.29) is 11.6 Å². The van der Waals surface area contributed by atoms with Crippen LogP contribution >= 0.6 is 0 Å². The molecule has 0 spiro atoms. The van der Waals surface area contributed by atoms with Crippen LogP contribution < -0.4 is 10.6 Å². The fraction of sp³-hybridized carbons (Fsp3) is 0.263. The molecular formula is C19H22N2O3. The molecule has 0 aliphatic heterocycles. The van der Waals surface area contributed by atoms with Crippen molar-refractivity contribution in [1.29, 1.82) is 0 Å². The number of nitrogens with one attached hydrogen (secondary N) is 2. The molecule has 0 saturated carbocycles.